The minimum atomic E-state index is -4.45. The summed E-state index contributed by atoms with van der Waals surface area (Å²) >= 11 is 0. The van der Waals surface area contributed by atoms with Crippen molar-refractivity contribution in [3.8, 4) is 5.75 Å². The maximum absolute atomic E-state index is 12.5. The summed E-state index contributed by atoms with van der Waals surface area (Å²) in [5.41, 5.74) is -1.26. The number of anilines is 1. The zero-order chi connectivity index (χ0) is 21.9. The van der Waals surface area contributed by atoms with Crippen LogP contribution in [0.25, 0.3) is 0 Å². The number of carbonyl (C=O) groups is 1. The first-order valence-electron chi connectivity index (χ1n) is 8.50. The molecule has 2 rings (SSSR count). The molecule has 0 saturated heterocycles. The molecule has 158 valence electrons. The summed E-state index contributed by atoms with van der Waals surface area (Å²) in [5, 5.41) is 2.42. The maximum atomic E-state index is 12.5. The molecule has 0 fully saturated rings. The molecular weight excluding hydrogens is 409 g/mol. The fraction of sp³-hybridized carbons (Fsp3) is 0.316. The monoisotopic (exact) mass is 430 g/mol. The van der Waals surface area contributed by atoms with Crippen LogP contribution in [0.3, 0.4) is 0 Å². The van der Waals surface area contributed by atoms with Crippen LogP contribution in [0.1, 0.15) is 26.3 Å². The molecule has 0 aliphatic heterocycles. The Labute approximate surface area is 167 Å². The van der Waals surface area contributed by atoms with Crippen LogP contribution in [0.4, 0.5) is 18.9 Å². The highest BCUT2D eigenvalue weighted by atomic mass is 32.2. The highest BCUT2D eigenvalue weighted by Gasteiger charge is 2.30. The third-order valence-corrected chi connectivity index (χ3v) is 5.21. The van der Waals surface area contributed by atoms with Crippen molar-refractivity contribution in [2.24, 2.45) is 0 Å². The number of alkyl halides is 3. The molecular formula is C19H21F3N2O4S. The number of sulfonamides is 1. The van der Waals surface area contributed by atoms with Crippen LogP contribution in [0.5, 0.6) is 5.75 Å². The molecule has 0 unspecified atom stereocenters. The molecule has 0 saturated carbocycles. The van der Waals surface area contributed by atoms with Gasteiger partial charge in [-0.3, -0.25) is 4.79 Å². The number of hydrogen-bond donors (Lipinski definition) is 2. The van der Waals surface area contributed by atoms with Gasteiger partial charge in [0.1, 0.15) is 5.75 Å². The van der Waals surface area contributed by atoms with Crippen molar-refractivity contribution in [2.45, 2.75) is 37.4 Å². The lowest BCUT2D eigenvalue weighted by molar-refractivity contribution is -0.137. The molecule has 0 spiro atoms. The average molecular weight is 430 g/mol. The first kappa shape index (κ1) is 22.7. The third kappa shape index (κ3) is 7.06. The van der Waals surface area contributed by atoms with Gasteiger partial charge in [-0.15, -0.1) is 0 Å². The van der Waals surface area contributed by atoms with Gasteiger partial charge >= 0.3 is 6.18 Å². The van der Waals surface area contributed by atoms with Gasteiger partial charge in [-0.05, 0) is 69.3 Å². The number of hydrogen-bond acceptors (Lipinski definition) is 4. The van der Waals surface area contributed by atoms with E-state index in [4.69, 9.17) is 4.74 Å². The van der Waals surface area contributed by atoms with Crippen molar-refractivity contribution in [3.05, 3.63) is 54.1 Å². The molecule has 0 radical (unpaired) electrons. The second-order valence-electron chi connectivity index (χ2n) is 7.24. The second-order valence-corrected chi connectivity index (χ2v) is 8.92. The summed E-state index contributed by atoms with van der Waals surface area (Å²) < 4.78 is 69.8. The van der Waals surface area contributed by atoms with Crippen LogP contribution in [0.15, 0.2) is 53.4 Å². The average Bonchev–Trinajstić information content (AvgIpc) is 2.58. The van der Waals surface area contributed by atoms with Gasteiger partial charge in [0.05, 0.1) is 10.5 Å². The van der Waals surface area contributed by atoms with Crippen LogP contribution in [-0.4, -0.2) is 26.5 Å². The van der Waals surface area contributed by atoms with E-state index in [-0.39, 0.29) is 16.3 Å². The molecule has 2 aromatic carbocycles. The summed E-state index contributed by atoms with van der Waals surface area (Å²) in [6.45, 7) is 4.76. The minimum absolute atomic E-state index is 0.0500. The Morgan fingerprint density at radius 3 is 2.00 bits per heavy atom. The number of rotatable bonds is 6. The Bertz CT molecular complexity index is 949. The van der Waals surface area contributed by atoms with Crippen molar-refractivity contribution in [3.63, 3.8) is 0 Å². The molecule has 6 nitrogen and oxygen atoms in total. The smallest absolute Gasteiger partial charge is 0.416 e. The second kappa shape index (κ2) is 8.42. The fourth-order valence-electron chi connectivity index (χ4n) is 2.27. The molecule has 29 heavy (non-hydrogen) atoms. The Kier molecular flexibility index (Phi) is 6.59. The van der Waals surface area contributed by atoms with E-state index in [1.807, 2.05) is 0 Å². The van der Waals surface area contributed by atoms with Crippen molar-refractivity contribution >= 4 is 21.6 Å². The lowest BCUT2D eigenvalue weighted by atomic mass is 10.1. The molecule has 1 amide bonds. The first-order valence-corrected chi connectivity index (χ1v) is 9.98. The molecule has 0 atom stereocenters. The van der Waals surface area contributed by atoms with Crippen molar-refractivity contribution < 1.29 is 31.1 Å². The van der Waals surface area contributed by atoms with Crippen LogP contribution in [0, 0.1) is 0 Å². The van der Waals surface area contributed by atoms with Gasteiger partial charge in [-0.25, -0.2) is 13.1 Å². The minimum Gasteiger partial charge on any atom is -0.484 e. The number of benzene rings is 2. The molecule has 10 heteroatoms. The van der Waals surface area contributed by atoms with E-state index < -0.39 is 39.8 Å². The predicted octanol–water partition coefficient (Wildman–Crippen LogP) is 3.80. The van der Waals surface area contributed by atoms with Gasteiger partial charge in [0.25, 0.3) is 5.91 Å². The molecule has 2 N–H and O–H groups in total. The molecule has 2 aromatic rings. The molecule has 0 aliphatic rings. The summed E-state index contributed by atoms with van der Waals surface area (Å²) in [6, 6.07) is 9.51. The van der Waals surface area contributed by atoms with Gasteiger partial charge in [0.15, 0.2) is 6.61 Å². The highest BCUT2D eigenvalue weighted by Crippen LogP contribution is 2.29. The maximum Gasteiger partial charge on any atom is 0.416 e. The van der Waals surface area contributed by atoms with E-state index >= 15 is 0 Å². The molecule has 0 aromatic heterocycles. The van der Waals surface area contributed by atoms with Crippen molar-refractivity contribution in [1.29, 1.82) is 0 Å². The van der Waals surface area contributed by atoms with E-state index in [0.29, 0.717) is 0 Å². The quantitative estimate of drug-likeness (QED) is 0.730. The third-order valence-electron chi connectivity index (χ3n) is 3.44. The zero-order valence-corrected chi connectivity index (χ0v) is 16.8. The Morgan fingerprint density at radius 1 is 0.966 bits per heavy atom. The van der Waals surface area contributed by atoms with Gasteiger partial charge in [-0.1, -0.05) is 0 Å². The Balaban J connectivity index is 1.92. The van der Waals surface area contributed by atoms with Crippen molar-refractivity contribution in [2.75, 3.05) is 11.9 Å². The summed E-state index contributed by atoms with van der Waals surface area (Å²) in [5.74, 6) is -0.307. The van der Waals surface area contributed by atoms with Crippen LogP contribution in [-0.2, 0) is 21.0 Å². The fourth-order valence-corrected chi connectivity index (χ4v) is 3.68. The number of carbonyl (C=O) groups excluding carboxylic acids is 1. The summed E-state index contributed by atoms with van der Waals surface area (Å²) in [7, 11) is -3.69. The van der Waals surface area contributed by atoms with E-state index in [2.05, 4.69) is 10.0 Å². The van der Waals surface area contributed by atoms with Gasteiger partial charge in [0, 0.05) is 11.2 Å². The van der Waals surface area contributed by atoms with E-state index in [0.717, 1.165) is 24.3 Å². The van der Waals surface area contributed by atoms with Crippen LogP contribution >= 0.6 is 0 Å². The number of amides is 1. The molecule has 0 heterocycles. The van der Waals surface area contributed by atoms with Gasteiger partial charge in [-0.2, -0.15) is 13.2 Å². The van der Waals surface area contributed by atoms with Gasteiger partial charge < -0.3 is 10.1 Å². The lowest BCUT2D eigenvalue weighted by Crippen LogP contribution is -2.40. The number of ether oxygens (including phenoxy) is 1. The van der Waals surface area contributed by atoms with E-state index in [1.54, 1.807) is 20.8 Å². The SMILES string of the molecule is CC(C)(C)NS(=O)(=O)c1ccc(OCC(=O)Nc2ccc(C(F)(F)F)cc2)cc1. The van der Waals surface area contributed by atoms with Gasteiger partial charge in [0.2, 0.25) is 10.0 Å². The van der Waals surface area contributed by atoms with Crippen molar-refractivity contribution in [1.82, 2.24) is 4.72 Å². The van der Waals surface area contributed by atoms with E-state index in [1.165, 1.54) is 24.3 Å². The van der Waals surface area contributed by atoms with E-state index in [9.17, 15) is 26.4 Å². The first-order chi connectivity index (χ1) is 13.3. The lowest BCUT2D eigenvalue weighted by Gasteiger charge is -2.20. The Hall–Kier alpha value is -2.59. The highest BCUT2D eigenvalue weighted by molar-refractivity contribution is 7.89. The normalized spacial score (nSPS) is 12.5. The van der Waals surface area contributed by atoms with Crippen LogP contribution < -0.4 is 14.8 Å². The number of halogens is 3. The summed E-state index contributed by atoms with van der Waals surface area (Å²) in [6.07, 6.45) is -4.45. The largest absolute Gasteiger partial charge is 0.484 e. The molecule has 0 aliphatic carbocycles. The summed E-state index contributed by atoms with van der Waals surface area (Å²) in [4.78, 5) is 11.9. The standard InChI is InChI=1S/C19H21F3N2O4S/c1-18(2,3)24-29(26,27)16-10-8-15(9-11-16)28-12-17(25)23-14-6-4-13(5-7-14)19(20,21)22/h4-11,24H,12H2,1-3H3,(H,23,25). The molecule has 0 bridgehead atoms. The van der Waals surface area contributed by atoms with Crippen LogP contribution in [0.2, 0.25) is 0 Å². The predicted molar refractivity (Wildman–Crippen MR) is 102 cm³/mol. The number of nitrogens with one attached hydrogen (secondary N) is 2. The Morgan fingerprint density at radius 2 is 1.52 bits per heavy atom. The zero-order valence-electron chi connectivity index (χ0n) is 16.0. The topological polar surface area (TPSA) is 84.5 Å².